The van der Waals surface area contributed by atoms with Gasteiger partial charge in [0.05, 0.1) is 12.2 Å². The summed E-state index contributed by atoms with van der Waals surface area (Å²) in [5.74, 6) is 0.0275. The number of fused-ring (bicyclic) bond motifs is 1. The monoisotopic (exact) mass is 534 g/mol. The molecule has 2 amide bonds. The van der Waals surface area contributed by atoms with Gasteiger partial charge in [-0.1, -0.05) is 19.1 Å². The van der Waals surface area contributed by atoms with Crippen LogP contribution < -0.4 is 15.4 Å². The van der Waals surface area contributed by atoms with E-state index in [4.69, 9.17) is 9.47 Å². The lowest BCUT2D eigenvalue weighted by Gasteiger charge is -2.18. The Labute approximate surface area is 227 Å². The van der Waals surface area contributed by atoms with E-state index in [1.54, 1.807) is 38.1 Å². The van der Waals surface area contributed by atoms with Crippen LogP contribution in [0, 0.1) is 19.8 Å². The molecule has 2 aromatic carbocycles. The van der Waals surface area contributed by atoms with Crippen molar-refractivity contribution in [2.24, 2.45) is 5.92 Å². The van der Waals surface area contributed by atoms with Gasteiger partial charge in [-0.2, -0.15) is 0 Å². The van der Waals surface area contributed by atoms with E-state index in [2.05, 4.69) is 17.6 Å². The van der Waals surface area contributed by atoms with Crippen molar-refractivity contribution in [3.63, 3.8) is 0 Å². The molecule has 1 heterocycles. The number of hydrogen-bond acceptors (Lipinski definition) is 6. The van der Waals surface area contributed by atoms with Crippen LogP contribution in [-0.2, 0) is 22.4 Å². The van der Waals surface area contributed by atoms with Gasteiger partial charge in [0.2, 0.25) is 0 Å². The highest BCUT2D eigenvalue weighted by Crippen LogP contribution is 2.40. The smallest absolute Gasteiger partial charge is 0.341 e. The number of benzene rings is 2. The highest BCUT2D eigenvalue weighted by atomic mass is 32.1. The zero-order valence-electron chi connectivity index (χ0n) is 22.5. The first-order valence-corrected chi connectivity index (χ1v) is 13.8. The molecule has 0 bridgehead atoms. The Morgan fingerprint density at radius 1 is 1.08 bits per heavy atom. The first kappa shape index (κ1) is 27.4. The van der Waals surface area contributed by atoms with E-state index >= 15 is 0 Å². The summed E-state index contributed by atoms with van der Waals surface area (Å²) in [5.41, 5.74) is 4.76. The quantitative estimate of drug-likeness (QED) is 0.330. The first-order chi connectivity index (χ1) is 18.2. The Morgan fingerprint density at radius 2 is 1.82 bits per heavy atom. The van der Waals surface area contributed by atoms with Crippen molar-refractivity contribution in [2.45, 2.75) is 60.0 Å². The molecule has 0 spiro atoms. The number of carbonyl (C=O) groups excluding carboxylic acids is 3. The van der Waals surface area contributed by atoms with Gasteiger partial charge >= 0.3 is 5.97 Å². The number of ether oxygens (including phenoxy) is 2. The fourth-order valence-electron chi connectivity index (χ4n) is 4.50. The van der Waals surface area contributed by atoms with Gasteiger partial charge in [0.1, 0.15) is 10.8 Å². The van der Waals surface area contributed by atoms with Crippen LogP contribution in [0.25, 0.3) is 0 Å². The number of thiophene rings is 1. The third-order valence-corrected chi connectivity index (χ3v) is 8.05. The maximum atomic E-state index is 13.1. The van der Waals surface area contributed by atoms with Gasteiger partial charge in [-0.25, -0.2) is 4.79 Å². The summed E-state index contributed by atoms with van der Waals surface area (Å²) in [6.07, 6.45) is 1.97. The highest BCUT2D eigenvalue weighted by molar-refractivity contribution is 7.17. The fourth-order valence-corrected chi connectivity index (χ4v) is 5.89. The normalized spacial score (nSPS) is 15.2. The third kappa shape index (κ3) is 6.07. The van der Waals surface area contributed by atoms with Gasteiger partial charge in [0, 0.05) is 16.1 Å². The van der Waals surface area contributed by atoms with Crippen molar-refractivity contribution in [3.8, 4) is 5.75 Å². The number of amides is 2. The zero-order valence-corrected chi connectivity index (χ0v) is 23.3. The predicted octanol–water partition coefficient (Wildman–Crippen LogP) is 6.32. The molecular weight excluding hydrogens is 500 g/mol. The third-order valence-electron chi connectivity index (χ3n) is 6.88. The molecule has 2 N–H and O–H groups in total. The number of rotatable bonds is 8. The number of hydrogen-bond donors (Lipinski definition) is 2. The Hall–Kier alpha value is -3.65. The second-order valence-electron chi connectivity index (χ2n) is 9.75. The van der Waals surface area contributed by atoms with Crippen LogP contribution in [0.5, 0.6) is 5.75 Å². The van der Waals surface area contributed by atoms with E-state index in [0.717, 1.165) is 46.5 Å². The molecule has 0 saturated carbocycles. The summed E-state index contributed by atoms with van der Waals surface area (Å²) in [7, 11) is 0. The van der Waals surface area contributed by atoms with Crippen LogP contribution in [0.15, 0.2) is 42.5 Å². The average molecular weight is 535 g/mol. The topological polar surface area (TPSA) is 93.7 Å². The first-order valence-electron chi connectivity index (χ1n) is 12.9. The summed E-state index contributed by atoms with van der Waals surface area (Å²) < 4.78 is 11.1. The Kier molecular flexibility index (Phi) is 8.52. The molecule has 4 rings (SSSR count). The van der Waals surface area contributed by atoms with Crippen molar-refractivity contribution in [1.29, 1.82) is 0 Å². The van der Waals surface area contributed by atoms with Gasteiger partial charge in [0.25, 0.3) is 11.8 Å². The van der Waals surface area contributed by atoms with E-state index in [1.165, 1.54) is 11.3 Å². The molecule has 0 unspecified atom stereocenters. The van der Waals surface area contributed by atoms with Crippen LogP contribution in [0.2, 0.25) is 0 Å². The van der Waals surface area contributed by atoms with E-state index in [9.17, 15) is 14.4 Å². The molecule has 200 valence electrons. The molecule has 3 aromatic rings. The van der Waals surface area contributed by atoms with Crippen molar-refractivity contribution in [3.05, 3.63) is 75.2 Å². The van der Waals surface area contributed by atoms with Crippen molar-refractivity contribution < 1.29 is 23.9 Å². The second-order valence-corrected chi connectivity index (χ2v) is 10.9. The molecule has 7 nitrogen and oxygen atoms in total. The van der Waals surface area contributed by atoms with Gasteiger partial charge in [-0.15, -0.1) is 11.3 Å². The highest BCUT2D eigenvalue weighted by Gasteiger charge is 2.29. The lowest BCUT2D eigenvalue weighted by atomic mass is 9.88. The molecule has 0 radical (unpaired) electrons. The molecule has 1 aromatic heterocycles. The molecule has 1 aliphatic rings. The minimum atomic E-state index is -0.735. The van der Waals surface area contributed by atoms with E-state index < -0.39 is 12.1 Å². The molecule has 0 saturated heterocycles. The van der Waals surface area contributed by atoms with Crippen molar-refractivity contribution in [2.75, 3.05) is 17.2 Å². The maximum absolute atomic E-state index is 13.1. The Bertz CT molecular complexity index is 1350. The number of anilines is 2. The Morgan fingerprint density at radius 3 is 2.53 bits per heavy atom. The van der Waals surface area contributed by atoms with Crippen LogP contribution in [0.3, 0.4) is 0 Å². The summed E-state index contributed by atoms with van der Waals surface area (Å²) in [5, 5.41) is 6.37. The van der Waals surface area contributed by atoms with Gasteiger partial charge in [-0.05, 0) is 99.9 Å². The minimum absolute atomic E-state index is 0.261. The minimum Gasteiger partial charge on any atom is -0.481 e. The summed E-state index contributed by atoms with van der Waals surface area (Å²) in [6, 6.07) is 12.3. The van der Waals surface area contributed by atoms with Crippen LogP contribution in [-0.4, -0.2) is 30.5 Å². The number of esters is 1. The summed E-state index contributed by atoms with van der Waals surface area (Å²) in [4.78, 5) is 39.6. The second kappa shape index (κ2) is 11.8. The fraction of sp³-hybridized carbons (Fsp3) is 0.367. The number of nitrogens with one attached hydrogen (secondary N) is 2. The zero-order chi connectivity index (χ0) is 27.4. The van der Waals surface area contributed by atoms with Gasteiger partial charge < -0.3 is 20.1 Å². The predicted molar refractivity (Wildman–Crippen MR) is 150 cm³/mol. The van der Waals surface area contributed by atoms with E-state index in [0.29, 0.717) is 27.8 Å². The molecule has 1 aliphatic carbocycles. The molecule has 0 fully saturated rings. The standard InChI is InChI=1S/C30H34N2O5S/c1-6-36-30(35)26-23-15-10-17(2)16-25(23)38-29(26)32-28(34)21-11-13-22(14-12-21)37-20(5)27(33)31-24-9-7-8-18(3)19(24)4/h7-9,11-14,17,20H,6,10,15-16H2,1-5H3,(H,31,33)(H,32,34)/t17-,20-/m1/s1. The molecule has 2 atom stereocenters. The van der Waals surface area contributed by atoms with Crippen LogP contribution in [0.1, 0.15) is 69.5 Å². The number of aryl methyl sites for hydroxylation is 1. The molecule has 38 heavy (non-hydrogen) atoms. The van der Waals surface area contributed by atoms with Crippen LogP contribution >= 0.6 is 11.3 Å². The lowest BCUT2D eigenvalue weighted by molar-refractivity contribution is -0.122. The lowest BCUT2D eigenvalue weighted by Crippen LogP contribution is -2.30. The van der Waals surface area contributed by atoms with E-state index in [1.807, 2.05) is 32.0 Å². The SMILES string of the molecule is CCOC(=O)c1c(NC(=O)c2ccc(O[C@H](C)C(=O)Nc3cccc(C)c3C)cc2)sc2c1CC[C@@H](C)C2. The summed E-state index contributed by atoms with van der Waals surface area (Å²) >= 11 is 1.46. The van der Waals surface area contributed by atoms with Crippen molar-refractivity contribution >= 4 is 39.8 Å². The number of carbonyl (C=O) groups is 3. The van der Waals surface area contributed by atoms with Crippen LogP contribution in [0.4, 0.5) is 10.7 Å². The van der Waals surface area contributed by atoms with E-state index in [-0.39, 0.29) is 18.4 Å². The molecule has 0 aliphatic heterocycles. The Balaban J connectivity index is 1.43. The van der Waals surface area contributed by atoms with Crippen molar-refractivity contribution in [1.82, 2.24) is 0 Å². The van der Waals surface area contributed by atoms with Gasteiger partial charge in [0.15, 0.2) is 6.10 Å². The van der Waals surface area contributed by atoms with Gasteiger partial charge in [-0.3, -0.25) is 9.59 Å². The average Bonchev–Trinajstić information content (AvgIpc) is 3.24. The molecule has 8 heteroatoms. The summed E-state index contributed by atoms with van der Waals surface area (Å²) in [6.45, 7) is 9.87. The molecular formula is C30H34N2O5S. The largest absolute Gasteiger partial charge is 0.481 e. The maximum Gasteiger partial charge on any atom is 0.341 e.